The summed E-state index contributed by atoms with van der Waals surface area (Å²) >= 11 is 0. The monoisotopic (exact) mass is 385 g/mol. The van der Waals surface area contributed by atoms with E-state index in [0.29, 0.717) is 17.9 Å². The molecule has 1 aliphatic rings. The Labute approximate surface area is 172 Å². The Morgan fingerprint density at radius 3 is 2.72 bits per heavy atom. The number of carbonyl (C=O) groups is 1. The highest BCUT2D eigenvalue weighted by Crippen LogP contribution is 2.25. The molecule has 0 bridgehead atoms. The Morgan fingerprint density at radius 1 is 1.07 bits per heavy atom. The maximum atomic E-state index is 13.0. The van der Waals surface area contributed by atoms with Crippen LogP contribution in [0.2, 0.25) is 0 Å². The quantitative estimate of drug-likeness (QED) is 0.519. The van der Waals surface area contributed by atoms with E-state index in [1.807, 2.05) is 48.5 Å². The topological polar surface area (TPSA) is 54.0 Å². The summed E-state index contributed by atoms with van der Waals surface area (Å²) in [5, 5.41) is 7.35. The number of nitrogens with zero attached hydrogens (tertiary/aromatic N) is 1. The van der Waals surface area contributed by atoms with E-state index in [0.717, 1.165) is 28.6 Å². The second-order valence-corrected chi connectivity index (χ2v) is 7.63. The molecular weight excluding hydrogens is 358 g/mol. The normalized spacial score (nSPS) is 13.8. The van der Waals surface area contributed by atoms with Crippen molar-refractivity contribution in [3.63, 3.8) is 0 Å². The number of para-hydroxylation sites is 2. The van der Waals surface area contributed by atoms with Crippen molar-refractivity contribution >= 4 is 28.3 Å². The van der Waals surface area contributed by atoms with Crippen LogP contribution in [0, 0.1) is 6.92 Å². The highest BCUT2D eigenvalue weighted by molar-refractivity contribution is 6.07. The van der Waals surface area contributed by atoms with Gasteiger partial charge in [-0.1, -0.05) is 48.0 Å². The molecule has 1 heterocycles. The number of hydrogen-bond donors (Lipinski definition) is 2. The van der Waals surface area contributed by atoms with Gasteiger partial charge in [0.05, 0.1) is 11.1 Å². The van der Waals surface area contributed by atoms with Gasteiger partial charge in [-0.3, -0.25) is 4.79 Å². The number of benzene rings is 2. The number of anilines is 2. The molecule has 4 nitrogen and oxygen atoms in total. The predicted molar refractivity (Wildman–Crippen MR) is 120 cm³/mol. The lowest BCUT2D eigenvalue weighted by molar-refractivity contribution is 0.0955. The van der Waals surface area contributed by atoms with Gasteiger partial charge in [0.15, 0.2) is 0 Å². The molecule has 0 radical (unpaired) electrons. The summed E-state index contributed by atoms with van der Waals surface area (Å²) in [7, 11) is 0. The van der Waals surface area contributed by atoms with Crippen LogP contribution in [0.15, 0.2) is 66.2 Å². The third-order valence-electron chi connectivity index (χ3n) is 5.49. The van der Waals surface area contributed by atoms with E-state index in [9.17, 15) is 4.79 Å². The lowest BCUT2D eigenvalue weighted by Crippen LogP contribution is -2.25. The van der Waals surface area contributed by atoms with Crippen LogP contribution in [0.25, 0.3) is 10.9 Å². The Kier molecular flexibility index (Phi) is 5.89. The van der Waals surface area contributed by atoms with Crippen molar-refractivity contribution in [2.24, 2.45) is 0 Å². The Balaban J connectivity index is 1.56. The fraction of sp³-hybridized carbons (Fsp3) is 0.280. The number of allylic oxidation sites excluding steroid dienone is 1. The molecule has 1 aliphatic carbocycles. The van der Waals surface area contributed by atoms with Crippen LogP contribution in [0.1, 0.15) is 48.0 Å². The SMILES string of the molecule is Cc1ccccc1Nc1cc(C(=O)NCCC2=CCCCC2)c2ccccc2n1. The first-order valence-electron chi connectivity index (χ1n) is 10.4. The van der Waals surface area contributed by atoms with E-state index in [1.165, 1.54) is 31.3 Å². The minimum atomic E-state index is -0.0483. The van der Waals surface area contributed by atoms with E-state index >= 15 is 0 Å². The fourth-order valence-corrected chi connectivity index (χ4v) is 3.84. The van der Waals surface area contributed by atoms with Crippen molar-refractivity contribution in [1.82, 2.24) is 10.3 Å². The summed E-state index contributed by atoms with van der Waals surface area (Å²) in [5.74, 6) is 0.631. The first-order valence-corrected chi connectivity index (χ1v) is 10.4. The summed E-state index contributed by atoms with van der Waals surface area (Å²) in [6.07, 6.45) is 8.16. The van der Waals surface area contributed by atoms with Crippen LogP contribution in [-0.2, 0) is 0 Å². The number of aromatic nitrogens is 1. The van der Waals surface area contributed by atoms with Crippen LogP contribution in [0.4, 0.5) is 11.5 Å². The van der Waals surface area contributed by atoms with Crippen molar-refractivity contribution in [2.45, 2.75) is 39.0 Å². The third kappa shape index (κ3) is 4.65. The highest BCUT2D eigenvalue weighted by Gasteiger charge is 2.14. The van der Waals surface area contributed by atoms with E-state index < -0.39 is 0 Å². The highest BCUT2D eigenvalue weighted by atomic mass is 16.1. The molecule has 0 atom stereocenters. The van der Waals surface area contributed by atoms with Gasteiger partial charge in [-0.25, -0.2) is 4.98 Å². The van der Waals surface area contributed by atoms with Crippen molar-refractivity contribution in [3.05, 3.63) is 77.4 Å². The average Bonchev–Trinajstić information content (AvgIpc) is 2.75. The molecule has 0 aliphatic heterocycles. The number of nitrogens with one attached hydrogen (secondary N) is 2. The number of aryl methyl sites for hydroxylation is 1. The lowest BCUT2D eigenvalue weighted by Gasteiger charge is -2.14. The lowest BCUT2D eigenvalue weighted by atomic mass is 9.97. The minimum Gasteiger partial charge on any atom is -0.352 e. The Morgan fingerprint density at radius 2 is 1.90 bits per heavy atom. The Hall–Kier alpha value is -3.14. The number of amides is 1. The zero-order valence-corrected chi connectivity index (χ0v) is 16.9. The van der Waals surface area contributed by atoms with Crippen LogP contribution < -0.4 is 10.6 Å². The molecule has 4 rings (SSSR count). The van der Waals surface area contributed by atoms with Gasteiger partial charge in [-0.15, -0.1) is 0 Å². The standard InChI is InChI=1S/C25H27N3O/c1-18-9-5-7-13-22(18)27-24-17-21(20-12-6-8-14-23(20)28-24)25(29)26-16-15-19-10-3-2-4-11-19/h5-10,12-14,17H,2-4,11,15-16H2,1H3,(H,26,29)(H,27,28). The van der Waals surface area contributed by atoms with E-state index in [1.54, 1.807) is 0 Å². The molecule has 3 aromatic rings. The molecule has 0 unspecified atom stereocenters. The van der Waals surface area contributed by atoms with Gasteiger partial charge in [0.1, 0.15) is 5.82 Å². The molecule has 29 heavy (non-hydrogen) atoms. The third-order valence-corrected chi connectivity index (χ3v) is 5.49. The summed E-state index contributed by atoms with van der Waals surface area (Å²) in [5.41, 5.74) is 5.06. The first-order chi connectivity index (χ1) is 14.2. The number of rotatable bonds is 6. The van der Waals surface area contributed by atoms with Crippen molar-refractivity contribution in [1.29, 1.82) is 0 Å². The number of pyridine rings is 1. The number of carbonyl (C=O) groups excluding carboxylic acids is 1. The molecule has 148 valence electrons. The molecule has 0 saturated heterocycles. The summed E-state index contributed by atoms with van der Waals surface area (Å²) < 4.78 is 0. The van der Waals surface area contributed by atoms with Crippen LogP contribution in [-0.4, -0.2) is 17.4 Å². The van der Waals surface area contributed by atoms with Gasteiger partial charge in [-0.2, -0.15) is 0 Å². The fourth-order valence-electron chi connectivity index (χ4n) is 3.84. The maximum Gasteiger partial charge on any atom is 0.252 e. The maximum absolute atomic E-state index is 13.0. The second kappa shape index (κ2) is 8.91. The number of hydrogen-bond acceptors (Lipinski definition) is 3. The van der Waals surface area contributed by atoms with Crippen LogP contribution >= 0.6 is 0 Å². The molecule has 0 saturated carbocycles. The van der Waals surface area contributed by atoms with Gasteiger partial charge < -0.3 is 10.6 Å². The molecule has 0 spiro atoms. The molecule has 1 amide bonds. The number of fused-ring (bicyclic) bond motifs is 1. The van der Waals surface area contributed by atoms with Gasteiger partial charge in [-0.05, 0) is 62.8 Å². The largest absolute Gasteiger partial charge is 0.352 e. The van der Waals surface area contributed by atoms with Crippen LogP contribution in [0.5, 0.6) is 0 Å². The summed E-state index contributed by atoms with van der Waals surface area (Å²) in [6.45, 7) is 2.72. The zero-order valence-electron chi connectivity index (χ0n) is 16.9. The van der Waals surface area contributed by atoms with E-state index in [4.69, 9.17) is 4.98 Å². The minimum absolute atomic E-state index is 0.0483. The zero-order chi connectivity index (χ0) is 20.1. The second-order valence-electron chi connectivity index (χ2n) is 7.63. The predicted octanol–water partition coefficient (Wildman–Crippen LogP) is 5.91. The summed E-state index contributed by atoms with van der Waals surface area (Å²) in [6, 6.07) is 17.7. The molecule has 1 aromatic heterocycles. The summed E-state index contributed by atoms with van der Waals surface area (Å²) in [4.78, 5) is 17.7. The Bertz CT molecular complexity index is 1050. The smallest absolute Gasteiger partial charge is 0.252 e. The van der Waals surface area contributed by atoms with E-state index in [2.05, 4.69) is 29.7 Å². The van der Waals surface area contributed by atoms with Gasteiger partial charge in [0, 0.05) is 17.6 Å². The van der Waals surface area contributed by atoms with Gasteiger partial charge in [0.2, 0.25) is 0 Å². The van der Waals surface area contributed by atoms with Gasteiger partial charge >= 0.3 is 0 Å². The van der Waals surface area contributed by atoms with Crippen molar-refractivity contribution in [2.75, 3.05) is 11.9 Å². The van der Waals surface area contributed by atoms with Crippen molar-refractivity contribution in [3.8, 4) is 0 Å². The van der Waals surface area contributed by atoms with Crippen LogP contribution in [0.3, 0.4) is 0 Å². The molecule has 2 aromatic carbocycles. The average molecular weight is 386 g/mol. The van der Waals surface area contributed by atoms with Gasteiger partial charge in [0.25, 0.3) is 5.91 Å². The van der Waals surface area contributed by atoms with E-state index in [-0.39, 0.29) is 5.91 Å². The molecule has 4 heteroatoms. The molecule has 2 N–H and O–H groups in total. The first kappa shape index (κ1) is 19.2. The van der Waals surface area contributed by atoms with Crippen molar-refractivity contribution < 1.29 is 4.79 Å². The molecule has 0 fully saturated rings. The molecular formula is C25H27N3O.